The number of hydrogen-bond donors (Lipinski definition) is 1. The van der Waals surface area contributed by atoms with Crippen LogP contribution in [0.3, 0.4) is 0 Å². The first kappa shape index (κ1) is 21.1. The summed E-state index contributed by atoms with van der Waals surface area (Å²) in [6.45, 7) is 2.97. The Labute approximate surface area is 182 Å². The van der Waals surface area contributed by atoms with Crippen LogP contribution in [0.2, 0.25) is 0 Å². The van der Waals surface area contributed by atoms with Crippen molar-refractivity contribution in [2.45, 2.75) is 19.8 Å². The normalized spacial score (nSPS) is 10.6. The van der Waals surface area contributed by atoms with E-state index in [1.807, 2.05) is 49.4 Å². The van der Waals surface area contributed by atoms with Crippen LogP contribution >= 0.6 is 27.3 Å². The number of carbonyl (C=O) groups excluding carboxylic acids is 2. The maximum atomic E-state index is 12.7. The van der Waals surface area contributed by atoms with Gasteiger partial charge in [0.2, 0.25) is 11.0 Å². The molecule has 2 aromatic carbocycles. The summed E-state index contributed by atoms with van der Waals surface area (Å²) < 4.78 is 0.954. The number of hydrogen-bond acceptors (Lipinski definition) is 5. The SMILES string of the molecule is CCCN(CCC(=O)Nc1nnc(-c2cccc(Br)c2)s1)C(=O)c1ccccc1. The molecule has 6 nitrogen and oxygen atoms in total. The number of aromatic nitrogens is 2. The van der Waals surface area contributed by atoms with Gasteiger partial charge in [-0.15, -0.1) is 10.2 Å². The summed E-state index contributed by atoms with van der Waals surface area (Å²) in [7, 11) is 0. The Morgan fingerprint density at radius 3 is 2.59 bits per heavy atom. The molecule has 1 heterocycles. The van der Waals surface area contributed by atoms with E-state index in [0.29, 0.717) is 23.8 Å². The molecule has 0 atom stereocenters. The van der Waals surface area contributed by atoms with Gasteiger partial charge in [-0.1, -0.05) is 64.5 Å². The Morgan fingerprint density at radius 1 is 1.07 bits per heavy atom. The molecule has 1 N–H and O–H groups in total. The maximum Gasteiger partial charge on any atom is 0.253 e. The lowest BCUT2D eigenvalue weighted by molar-refractivity contribution is -0.116. The van der Waals surface area contributed by atoms with Crippen molar-refractivity contribution in [3.63, 3.8) is 0 Å². The van der Waals surface area contributed by atoms with Crippen molar-refractivity contribution in [3.8, 4) is 10.6 Å². The van der Waals surface area contributed by atoms with Crippen LogP contribution in [0.4, 0.5) is 5.13 Å². The van der Waals surface area contributed by atoms with E-state index < -0.39 is 0 Å². The summed E-state index contributed by atoms with van der Waals surface area (Å²) in [5.74, 6) is -0.253. The van der Waals surface area contributed by atoms with Crippen molar-refractivity contribution < 1.29 is 9.59 Å². The first-order valence-corrected chi connectivity index (χ1v) is 10.9. The topological polar surface area (TPSA) is 75.2 Å². The summed E-state index contributed by atoms with van der Waals surface area (Å²) in [5, 5.41) is 12.1. The second-order valence-corrected chi connectivity index (χ2v) is 8.27. The molecule has 2 amide bonds. The molecule has 0 saturated carbocycles. The molecule has 29 heavy (non-hydrogen) atoms. The minimum absolute atomic E-state index is 0.0619. The number of halogens is 1. The third kappa shape index (κ3) is 5.95. The highest BCUT2D eigenvalue weighted by molar-refractivity contribution is 9.10. The third-order valence-electron chi connectivity index (χ3n) is 4.15. The standard InChI is InChI=1S/C21H21BrN4O2S/c1-2-12-26(20(28)15-7-4-3-5-8-15)13-11-18(27)23-21-25-24-19(29-21)16-9-6-10-17(22)14-16/h3-10,14H,2,11-13H2,1H3,(H,23,25,27). The Bertz CT molecular complexity index is 978. The van der Waals surface area contributed by atoms with Crippen LogP contribution in [0.1, 0.15) is 30.1 Å². The fraction of sp³-hybridized carbons (Fsp3) is 0.238. The van der Waals surface area contributed by atoms with Crippen LogP contribution in [-0.4, -0.2) is 40.0 Å². The highest BCUT2D eigenvalue weighted by Gasteiger charge is 2.17. The molecule has 0 spiro atoms. The number of carbonyl (C=O) groups is 2. The van der Waals surface area contributed by atoms with E-state index in [-0.39, 0.29) is 18.2 Å². The van der Waals surface area contributed by atoms with Gasteiger partial charge < -0.3 is 10.2 Å². The van der Waals surface area contributed by atoms with E-state index in [1.165, 1.54) is 11.3 Å². The third-order valence-corrected chi connectivity index (χ3v) is 5.53. The van der Waals surface area contributed by atoms with Crippen molar-refractivity contribution in [3.05, 3.63) is 64.6 Å². The van der Waals surface area contributed by atoms with Crippen molar-refractivity contribution in [2.24, 2.45) is 0 Å². The minimum Gasteiger partial charge on any atom is -0.338 e. The second kappa shape index (κ2) is 10.3. The number of nitrogens with zero attached hydrogens (tertiary/aromatic N) is 3. The Morgan fingerprint density at radius 2 is 1.86 bits per heavy atom. The van der Waals surface area contributed by atoms with Crippen LogP contribution < -0.4 is 5.32 Å². The lowest BCUT2D eigenvalue weighted by Crippen LogP contribution is -2.34. The highest BCUT2D eigenvalue weighted by Crippen LogP contribution is 2.28. The molecule has 0 bridgehead atoms. The predicted octanol–water partition coefficient (Wildman–Crippen LogP) is 4.85. The van der Waals surface area contributed by atoms with Gasteiger partial charge in [0.1, 0.15) is 5.01 Å². The molecule has 3 rings (SSSR count). The monoisotopic (exact) mass is 472 g/mol. The van der Waals surface area contributed by atoms with Crippen LogP contribution in [-0.2, 0) is 4.79 Å². The molecule has 0 saturated heterocycles. The fourth-order valence-corrected chi connectivity index (χ4v) is 3.93. The molecule has 1 aromatic heterocycles. The smallest absolute Gasteiger partial charge is 0.253 e. The zero-order valence-electron chi connectivity index (χ0n) is 16.0. The molecular weight excluding hydrogens is 452 g/mol. The van der Waals surface area contributed by atoms with Gasteiger partial charge in [-0.05, 0) is 30.7 Å². The van der Waals surface area contributed by atoms with Crippen LogP contribution in [0.25, 0.3) is 10.6 Å². The van der Waals surface area contributed by atoms with Crippen molar-refractivity contribution in [1.82, 2.24) is 15.1 Å². The van der Waals surface area contributed by atoms with Gasteiger partial charge in [0.15, 0.2) is 0 Å². The lowest BCUT2D eigenvalue weighted by atomic mass is 10.2. The fourth-order valence-electron chi connectivity index (χ4n) is 2.78. The molecular formula is C21H21BrN4O2S. The number of rotatable bonds is 8. The van der Waals surface area contributed by atoms with E-state index in [9.17, 15) is 9.59 Å². The summed E-state index contributed by atoms with van der Waals surface area (Å²) in [6, 6.07) is 16.9. The molecule has 0 radical (unpaired) electrons. The number of amides is 2. The molecule has 0 aliphatic heterocycles. The van der Waals surface area contributed by atoms with Crippen LogP contribution in [0.15, 0.2) is 59.1 Å². The van der Waals surface area contributed by atoms with Gasteiger partial charge in [0.25, 0.3) is 5.91 Å². The average Bonchev–Trinajstić information content (AvgIpc) is 3.19. The predicted molar refractivity (Wildman–Crippen MR) is 119 cm³/mol. The summed E-state index contributed by atoms with van der Waals surface area (Å²) in [6.07, 6.45) is 1.02. The highest BCUT2D eigenvalue weighted by atomic mass is 79.9. The van der Waals surface area contributed by atoms with Gasteiger partial charge in [-0.25, -0.2) is 0 Å². The largest absolute Gasteiger partial charge is 0.338 e. The van der Waals surface area contributed by atoms with Crippen molar-refractivity contribution in [1.29, 1.82) is 0 Å². The molecule has 8 heteroatoms. The molecule has 0 fully saturated rings. The van der Waals surface area contributed by atoms with E-state index in [0.717, 1.165) is 21.5 Å². The van der Waals surface area contributed by atoms with Crippen LogP contribution in [0, 0.1) is 0 Å². The lowest BCUT2D eigenvalue weighted by Gasteiger charge is -2.21. The van der Waals surface area contributed by atoms with Crippen LogP contribution in [0.5, 0.6) is 0 Å². The van der Waals surface area contributed by atoms with Gasteiger partial charge >= 0.3 is 0 Å². The quantitative estimate of drug-likeness (QED) is 0.508. The van der Waals surface area contributed by atoms with E-state index in [4.69, 9.17) is 0 Å². The van der Waals surface area contributed by atoms with Gasteiger partial charge in [0.05, 0.1) is 0 Å². The van der Waals surface area contributed by atoms with Crippen molar-refractivity contribution >= 4 is 44.2 Å². The minimum atomic E-state index is -0.191. The molecule has 0 unspecified atom stereocenters. The summed E-state index contributed by atoms with van der Waals surface area (Å²) in [4.78, 5) is 26.7. The molecule has 0 aliphatic rings. The zero-order valence-corrected chi connectivity index (χ0v) is 18.4. The number of anilines is 1. The first-order chi connectivity index (χ1) is 14.1. The Kier molecular flexibility index (Phi) is 7.48. The molecule has 3 aromatic rings. The Hall–Kier alpha value is -2.58. The van der Waals surface area contributed by atoms with Crippen molar-refractivity contribution in [2.75, 3.05) is 18.4 Å². The van der Waals surface area contributed by atoms with Gasteiger partial charge in [-0.2, -0.15) is 0 Å². The van der Waals surface area contributed by atoms with E-state index in [1.54, 1.807) is 17.0 Å². The molecule has 0 aliphatic carbocycles. The van der Waals surface area contributed by atoms with E-state index in [2.05, 4.69) is 31.4 Å². The zero-order chi connectivity index (χ0) is 20.6. The number of benzene rings is 2. The maximum absolute atomic E-state index is 12.7. The summed E-state index contributed by atoms with van der Waals surface area (Å²) in [5.41, 5.74) is 1.56. The first-order valence-electron chi connectivity index (χ1n) is 9.30. The number of nitrogens with one attached hydrogen (secondary N) is 1. The van der Waals surface area contributed by atoms with Gasteiger partial charge in [0, 0.05) is 35.1 Å². The second-order valence-electron chi connectivity index (χ2n) is 6.38. The summed E-state index contributed by atoms with van der Waals surface area (Å²) >= 11 is 4.75. The van der Waals surface area contributed by atoms with Gasteiger partial charge in [-0.3, -0.25) is 9.59 Å². The average molecular weight is 473 g/mol. The Balaban J connectivity index is 1.58. The van der Waals surface area contributed by atoms with E-state index >= 15 is 0 Å². The molecule has 150 valence electrons.